The molecule has 2 N–H and O–H groups in total. The maximum absolute atomic E-state index is 15.0. The monoisotopic (exact) mass is 604 g/mol. The minimum Gasteiger partial charge on any atom is -0.453 e. The zero-order valence-electron chi connectivity index (χ0n) is 24.7. The SMILES string of the molecule is COCCN(Cc1ccc(-c2cc3nccc(Oc4ccc(CC(=O)CC5CC5)cc4F)c3s2)nc1)C(=O)[C@H](N)C(C)C. The molecule has 1 fully saturated rings. The molecule has 0 saturated heterocycles. The number of aromatic nitrogens is 2. The smallest absolute Gasteiger partial charge is 0.240 e. The molecule has 0 spiro atoms. The van der Waals surface area contributed by atoms with Gasteiger partial charge in [-0.05, 0) is 60.1 Å². The Morgan fingerprint density at radius 2 is 1.88 bits per heavy atom. The number of halogens is 1. The van der Waals surface area contributed by atoms with Gasteiger partial charge in [-0.3, -0.25) is 19.6 Å². The standard InChI is InChI=1S/C33H37FN4O4S/c1-20(2)31(35)33(40)38(12-13-41-3)19-23-6-8-26(37-18-23)30-17-27-32(43-30)29(10-11-36-27)42-28-9-7-22(16-25(28)34)15-24(39)14-21-4-5-21/h6-11,16-18,20-21,31H,4-5,12-15,19,35H2,1-3H3/t31-/m1/s1. The number of methoxy groups -OCH3 is 1. The van der Waals surface area contributed by atoms with Crippen LogP contribution in [0.5, 0.6) is 11.5 Å². The highest BCUT2D eigenvalue weighted by Crippen LogP contribution is 2.39. The third-order valence-electron chi connectivity index (χ3n) is 7.54. The molecule has 0 bridgehead atoms. The summed E-state index contributed by atoms with van der Waals surface area (Å²) in [5.74, 6) is 0.633. The summed E-state index contributed by atoms with van der Waals surface area (Å²) >= 11 is 1.45. The molecule has 1 amide bonds. The number of fused-ring (bicyclic) bond motifs is 1. The van der Waals surface area contributed by atoms with Gasteiger partial charge in [0.15, 0.2) is 11.6 Å². The second-order valence-corrected chi connectivity index (χ2v) is 12.5. The molecule has 1 aliphatic carbocycles. The Labute approximate surface area is 255 Å². The van der Waals surface area contributed by atoms with Gasteiger partial charge in [0.05, 0.1) is 33.4 Å². The number of nitrogens with zero attached hydrogens (tertiary/aromatic N) is 3. The summed E-state index contributed by atoms with van der Waals surface area (Å²) in [6, 6.07) is 11.6. The van der Waals surface area contributed by atoms with Gasteiger partial charge in [0.25, 0.3) is 0 Å². The Morgan fingerprint density at radius 1 is 1.09 bits per heavy atom. The summed E-state index contributed by atoms with van der Waals surface area (Å²) < 4.78 is 26.9. The van der Waals surface area contributed by atoms with Gasteiger partial charge in [0.2, 0.25) is 5.91 Å². The molecule has 4 aromatic rings. The first-order chi connectivity index (χ1) is 20.7. The molecule has 0 unspecified atom stereocenters. The van der Waals surface area contributed by atoms with Crippen molar-refractivity contribution in [3.05, 3.63) is 71.8 Å². The van der Waals surface area contributed by atoms with Crippen LogP contribution in [0.15, 0.2) is 54.9 Å². The van der Waals surface area contributed by atoms with E-state index in [9.17, 15) is 14.0 Å². The van der Waals surface area contributed by atoms with Gasteiger partial charge in [-0.15, -0.1) is 11.3 Å². The number of carbonyl (C=O) groups is 2. The van der Waals surface area contributed by atoms with Gasteiger partial charge in [0.1, 0.15) is 11.5 Å². The zero-order chi connectivity index (χ0) is 30.5. The van der Waals surface area contributed by atoms with Crippen molar-refractivity contribution in [2.45, 2.75) is 52.1 Å². The van der Waals surface area contributed by atoms with Crippen molar-refractivity contribution in [1.29, 1.82) is 0 Å². The topological polar surface area (TPSA) is 108 Å². The van der Waals surface area contributed by atoms with Gasteiger partial charge in [-0.1, -0.05) is 26.0 Å². The largest absolute Gasteiger partial charge is 0.453 e. The Balaban J connectivity index is 1.29. The van der Waals surface area contributed by atoms with Crippen LogP contribution in [0.25, 0.3) is 20.8 Å². The van der Waals surface area contributed by atoms with Crippen LogP contribution in [0, 0.1) is 17.7 Å². The van der Waals surface area contributed by atoms with Crippen molar-refractivity contribution in [2.24, 2.45) is 17.6 Å². The van der Waals surface area contributed by atoms with Crippen LogP contribution in [-0.4, -0.2) is 52.9 Å². The summed E-state index contributed by atoms with van der Waals surface area (Å²) in [7, 11) is 1.60. The Hall–Kier alpha value is -3.73. The number of thiophene rings is 1. The number of rotatable bonds is 14. The summed E-state index contributed by atoms with van der Waals surface area (Å²) in [4.78, 5) is 36.8. The number of hydrogen-bond donors (Lipinski definition) is 1. The van der Waals surface area contributed by atoms with E-state index < -0.39 is 11.9 Å². The Morgan fingerprint density at radius 3 is 2.56 bits per heavy atom. The van der Waals surface area contributed by atoms with E-state index in [1.165, 1.54) is 17.4 Å². The van der Waals surface area contributed by atoms with Crippen LogP contribution < -0.4 is 10.5 Å². The lowest BCUT2D eigenvalue weighted by Gasteiger charge is -2.27. The van der Waals surface area contributed by atoms with Crippen molar-refractivity contribution in [1.82, 2.24) is 14.9 Å². The lowest BCUT2D eigenvalue weighted by molar-refractivity contribution is -0.134. The highest BCUT2D eigenvalue weighted by atomic mass is 32.1. The molecule has 226 valence electrons. The van der Waals surface area contributed by atoms with Crippen LogP contribution >= 0.6 is 11.3 Å². The van der Waals surface area contributed by atoms with E-state index in [2.05, 4.69) is 9.97 Å². The first kappa shape index (κ1) is 30.7. The predicted molar refractivity (Wildman–Crippen MR) is 165 cm³/mol. The second kappa shape index (κ2) is 13.7. The van der Waals surface area contributed by atoms with E-state index >= 15 is 0 Å². The summed E-state index contributed by atoms with van der Waals surface area (Å²) in [6.07, 6.45) is 6.42. The normalized spacial score (nSPS) is 13.8. The fourth-order valence-corrected chi connectivity index (χ4v) is 5.81. The lowest BCUT2D eigenvalue weighted by Crippen LogP contribution is -2.47. The van der Waals surface area contributed by atoms with Gasteiger partial charge in [-0.25, -0.2) is 4.39 Å². The molecule has 3 heterocycles. The maximum atomic E-state index is 15.0. The molecule has 1 aromatic carbocycles. The number of amides is 1. The van der Waals surface area contributed by atoms with Crippen LogP contribution in [0.3, 0.4) is 0 Å². The van der Waals surface area contributed by atoms with E-state index in [4.69, 9.17) is 15.2 Å². The molecule has 1 aliphatic rings. The fourth-order valence-electron chi connectivity index (χ4n) is 4.77. The third-order valence-corrected chi connectivity index (χ3v) is 8.70. The van der Waals surface area contributed by atoms with Crippen LogP contribution in [0.4, 0.5) is 4.39 Å². The van der Waals surface area contributed by atoms with E-state index in [1.807, 2.05) is 32.0 Å². The predicted octanol–water partition coefficient (Wildman–Crippen LogP) is 6.16. The van der Waals surface area contributed by atoms with Crippen molar-refractivity contribution in [3.8, 4) is 22.1 Å². The molecule has 0 radical (unpaired) electrons. The van der Waals surface area contributed by atoms with Crippen molar-refractivity contribution >= 4 is 33.2 Å². The van der Waals surface area contributed by atoms with Crippen LogP contribution in [0.1, 0.15) is 44.2 Å². The highest BCUT2D eigenvalue weighted by Gasteiger charge is 2.25. The minimum atomic E-state index is -0.584. The van der Waals surface area contributed by atoms with E-state index in [-0.39, 0.29) is 29.8 Å². The summed E-state index contributed by atoms with van der Waals surface area (Å²) in [6.45, 7) is 5.08. The molecule has 1 saturated carbocycles. The molecule has 43 heavy (non-hydrogen) atoms. The summed E-state index contributed by atoms with van der Waals surface area (Å²) in [5.41, 5.74) is 9.12. The molecule has 0 aliphatic heterocycles. The second-order valence-electron chi connectivity index (χ2n) is 11.4. The quantitative estimate of drug-likeness (QED) is 0.184. The highest BCUT2D eigenvalue weighted by molar-refractivity contribution is 7.22. The van der Waals surface area contributed by atoms with Crippen LogP contribution in [0.2, 0.25) is 0 Å². The average molecular weight is 605 g/mol. The molecule has 8 nitrogen and oxygen atoms in total. The van der Waals surface area contributed by atoms with Crippen LogP contribution in [-0.2, 0) is 27.3 Å². The zero-order valence-corrected chi connectivity index (χ0v) is 25.5. The molecular formula is C33H37FN4O4S. The first-order valence-corrected chi connectivity index (χ1v) is 15.4. The number of carbonyl (C=O) groups excluding carboxylic acids is 2. The third kappa shape index (κ3) is 7.81. The number of ether oxygens (including phenoxy) is 2. The average Bonchev–Trinajstić information content (AvgIpc) is 3.69. The van der Waals surface area contributed by atoms with E-state index in [0.717, 1.165) is 33.7 Å². The number of pyridine rings is 2. The fraction of sp³-hybridized carbons (Fsp3) is 0.394. The van der Waals surface area contributed by atoms with Gasteiger partial charge in [-0.2, -0.15) is 0 Å². The first-order valence-electron chi connectivity index (χ1n) is 14.6. The number of ketones is 1. The summed E-state index contributed by atoms with van der Waals surface area (Å²) in [5, 5.41) is 0. The Kier molecular flexibility index (Phi) is 9.79. The van der Waals surface area contributed by atoms with Crippen molar-refractivity contribution in [2.75, 3.05) is 20.3 Å². The minimum absolute atomic E-state index is 0.0246. The molecule has 1 atom stereocenters. The molecule has 10 heteroatoms. The van der Waals surface area contributed by atoms with Gasteiger partial charge in [0, 0.05) is 51.5 Å². The van der Waals surface area contributed by atoms with E-state index in [0.29, 0.717) is 48.9 Å². The maximum Gasteiger partial charge on any atom is 0.240 e. The molecule has 3 aromatic heterocycles. The van der Waals surface area contributed by atoms with Crippen molar-refractivity contribution in [3.63, 3.8) is 0 Å². The van der Waals surface area contributed by atoms with Gasteiger partial charge >= 0.3 is 0 Å². The molecule has 5 rings (SSSR count). The number of hydrogen-bond acceptors (Lipinski definition) is 8. The van der Waals surface area contributed by atoms with Crippen molar-refractivity contribution < 1.29 is 23.5 Å². The number of Topliss-reactive ketones (excluding diaryl/α,β-unsaturated/α-hetero) is 1. The lowest BCUT2D eigenvalue weighted by atomic mass is 10.0. The van der Waals surface area contributed by atoms with Gasteiger partial charge < -0.3 is 20.1 Å². The number of benzene rings is 1. The molecular weight excluding hydrogens is 567 g/mol. The Bertz CT molecular complexity index is 1590. The number of nitrogens with two attached hydrogens (primary N) is 1. The van der Waals surface area contributed by atoms with E-state index in [1.54, 1.807) is 42.6 Å².